The van der Waals surface area contributed by atoms with Gasteiger partial charge in [-0.1, -0.05) is 53.4 Å². The number of carbonyl (C=O) groups excluding carboxylic acids is 1. The molecule has 0 saturated heterocycles. The minimum atomic E-state index is 0.0274. The van der Waals surface area contributed by atoms with Crippen molar-refractivity contribution in [2.45, 2.75) is 11.3 Å². The topological polar surface area (TPSA) is 58.1 Å². The summed E-state index contributed by atoms with van der Waals surface area (Å²) >= 11 is 2.84. The molecule has 0 saturated carbocycles. The fourth-order valence-electron chi connectivity index (χ4n) is 2.18. The number of nitrogens with one attached hydrogen (secondary N) is 1. The van der Waals surface area contributed by atoms with E-state index < -0.39 is 0 Å². The summed E-state index contributed by atoms with van der Waals surface area (Å²) in [6, 6.07) is 17.7. The normalized spacial score (nSPS) is 10.5. The first-order chi connectivity index (χ1) is 12.1. The standard InChI is InChI=1S/C18H18N4OS2/c1-13-7-6-8-14(11-13)19-17-20-21-18(25-17)24-12-16(23)22(2)15-9-4-3-5-10-15/h3-11H,12H2,1-2H3,(H,19,20). The van der Waals surface area contributed by atoms with E-state index in [1.165, 1.54) is 28.7 Å². The lowest BCUT2D eigenvalue weighted by atomic mass is 10.2. The Kier molecular flexibility index (Phi) is 5.67. The first-order valence-electron chi connectivity index (χ1n) is 7.73. The highest BCUT2D eigenvalue weighted by atomic mass is 32.2. The molecular formula is C18H18N4OS2. The monoisotopic (exact) mass is 370 g/mol. The third kappa shape index (κ3) is 4.80. The Bertz CT molecular complexity index is 851. The van der Waals surface area contributed by atoms with Gasteiger partial charge >= 0.3 is 0 Å². The first-order valence-corrected chi connectivity index (χ1v) is 9.53. The van der Waals surface area contributed by atoms with Crippen molar-refractivity contribution in [3.8, 4) is 0 Å². The fraction of sp³-hybridized carbons (Fsp3) is 0.167. The molecule has 2 aromatic carbocycles. The molecule has 128 valence electrons. The highest BCUT2D eigenvalue weighted by molar-refractivity contribution is 8.01. The highest BCUT2D eigenvalue weighted by Crippen LogP contribution is 2.28. The van der Waals surface area contributed by atoms with Crippen LogP contribution in [0.15, 0.2) is 58.9 Å². The van der Waals surface area contributed by atoms with Crippen LogP contribution >= 0.6 is 23.1 Å². The lowest BCUT2D eigenvalue weighted by molar-refractivity contribution is -0.115. The number of thioether (sulfide) groups is 1. The van der Waals surface area contributed by atoms with E-state index in [4.69, 9.17) is 0 Å². The summed E-state index contributed by atoms with van der Waals surface area (Å²) in [6.45, 7) is 2.04. The molecular weight excluding hydrogens is 352 g/mol. The molecule has 0 bridgehead atoms. The lowest BCUT2D eigenvalue weighted by Gasteiger charge is -2.16. The van der Waals surface area contributed by atoms with E-state index in [9.17, 15) is 4.79 Å². The zero-order valence-corrected chi connectivity index (χ0v) is 15.6. The Balaban J connectivity index is 1.55. The number of amides is 1. The molecule has 7 heteroatoms. The average molecular weight is 371 g/mol. The first kappa shape index (κ1) is 17.4. The van der Waals surface area contributed by atoms with E-state index in [2.05, 4.69) is 15.5 Å². The maximum Gasteiger partial charge on any atom is 0.237 e. The second kappa shape index (κ2) is 8.13. The lowest BCUT2D eigenvalue weighted by Crippen LogP contribution is -2.27. The number of para-hydroxylation sites is 1. The third-order valence-corrected chi connectivity index (χ3v) is 5.47. The van der Waals surface area contributed by atoms with Crippen molar-refractivity contribution in [3.05, 3.63) is 60.2 Å². The van der Waals surface area contributed by atoms with Gasteiger partial charge < -0.3 is 10.2 Å². The van der Waals surface area contributed by atoms with E-state index in [1.54, 1.807) is 11.9 Å². The molecule has 0 fully saturated rings. The van der Waals surface area contributed by atoms with Gasteiger partial charge in [0.05, 0.1) is 5.75 Å². The zero-order chi connectivity index (χ0) is 17.6. The van der Waals surface area contributed by atoms with E-state index >= 15 is 0 Å². The van der Waals surface area contributed by atoms with E-state index in [0.29, 0.717) is 5.75 Å². The van der Waals surface area contributed by atoms with Gasteiger partial charge in [-0.2, -0.15) is 0 Å². The smallest absolute Gasteiger partial charge is 0.237 e. The van der Waals surface area contributed by atoms with Crippen molar-refractivity contribution in [3.63, 3.8) is 0 Å². The molecule has 25 heavy (non-hydrogen) atoms. The van der Waals surface area contributed by atoms with E-state index in [0.717, 1.165) is 20.8 Å². The second-order valence-corrected chi connectivity index (χ2v) is 7.64. The fourth-order valence-corrected chi connectivity index (χ4v) is 3.87. The summed E-state index contributed by atoms with van der Waals surface area (Å²) in [5.41, 5.74) is 3.04. The summed E-state index contributed by atoms with van der Waals surface area (Å²) < 4.78 is 0.768. The molecule has 0 atom stereocenters. The SMILES string of the molecule is Cc1cccc(Nc2nnc(SCC(=O)N(C)c3ccccc3)s2)c1. The molecule has 1 amide bonds. The van der Waals surface area contributed by atoms with Gasteiger partial charge in [0, 0.05) is 18.4 Å². The van der Waals surface area contributed by atoms with Crippen LogP contribution in [0.1, 0.15) is 5.56 Å². The number of hydrogen-bond donors (Lipinski definition) is 1. The van der Waals surface area contributed by atoms with Crippen molar-refractivity contribution in [2.24, 2.45) is 0 Å². The Morgan fingerprint density at radius 2 is 1.96 bits per heavy atom. The predicted octanol–water partition coefficient (Wildman–Crippen LogP) is 4.35. The van der Waals surface area contributed by atoms with Gasteiger partial charge in [0.1, 0.15) is 0 Å². The molecule has 1 N–H and O–H groups in total. The quantitative estimate of drug-likeness (QED) is 0.654. The third-order valence-electron chi connectivity index (χ3n) is 3.51. The van der Waals surface area contributed by atoms with Gasteiger partial charge in [-0.3, -0.25) is 4.79 Å². The van der Waals surface area contributed by atoms with Crippen LogP contribution in [0.2, 0.25) is 0 Å². The van der Waals surface area contributed by atoms with Gasteiger partial charge in [-0.25, -0.2) is 0 Å². The summed E-state index contributed by atoms with van der Waals surface area (Å²) in [7, 11) is 1.78. The number of aromatic nitrogens is 2. The van der Waals surface area contributed by atoms with Gasteiger partial charge in [0.15, 0.2) is 4.34 Å². The van der Waals surface area contributed by atoms with Crippen molar-refractivity contribution in [2.75, 3.05) is 23.0 Å². The van der Waals surface area contributed by atoms with Crippen molar-refractivity contribution in [1.82, 2.24) is 10.2 Å². The van der Waals surface area contributed by atoms with Gasteiger partial charge in [-0.15, -0.1) is 10.2 Å². The highest BCUT2D eigenvalue weighted by Gasteiger charge is 2.13. The van der Waals surface area contributed by atoms with Crippen molar-refractivity contribution in [1.29, 1.82) is 0 Å². The zero-order valence-electron chi connectivity index (χ0n) is 14.0. The summed E-state index contributed by atoms with van der Waals surface area (Å²) in [4.78, 5) is 14.0. The molecule has 0 spiro atoms. The summed E-state index contributed by atoms with van der Waals surface area (Å²) in [6.07, 6.45) is 0. The number of carbonyl (C=O) groups is 1. The molecule has 3 aromatic rings. The van der Waals surface area contributed by atoms with E-state index in [-0.39, 0.29) is 5.91 Å². The molecule has 5 nitrogen and oxygen atoms in total. The molecule has 1 aromatic heterocycles. The van der Waals surface area contributed by atoms with Crippen molar-refractivity contribution < 1.29 is 4.79 Å². The Hall–Kier alpha value is -2.38. The average Bonchev–Trinajstić information content (AvgIpc) is 3.07. The molecule has 0 radical (unpaired) electrons. The van der Waals surface area contributed by atoms with Crippen LogP contribution < -0.4 is 10.2 Å². The van der Waals surface area contributed by atoms with Gasteiger partial charge in [-0.05, 0) is 36.8 Å². The number of rotatable bonds is 6. The van der Waals surface area contributed by atoms with Crippen molar-refractivity contribution >= 4 is 45.5 Å². The Morgan fingerprint density at radius 3 is 2.72 bits per heavy atom. The summed E-state index contributed by atoms with van der Waals surface area (Å²) in [5, 5.41) is 12.2. The number of anilines is 3. The molecule has 3 rings (SSSR count). The second-order valence-electron chi connectivity index (χ2n) is 5.44. The number of nitrogens with zero attached hydrogens (tertiary/aromatic N) is 3. The number of aryl methyl sites for hydroxylation is 1. The molecule has 0 aliphatic carbocycles. The maximum absolute atomic E-state index is 12.3. The Labute approximate surface area is 155 Å². The predicted molar refractivity (Wildman–Crippen MR) is 105 cm³/mol. The molecule has 0 unspecified atom stereocenters. The van der Waals surface area contributed by atoms with Crippen LogP contribution in [-0.2, 0) is 4.79 Å². The minimum absolute atomic E-state index is 0.0274. The molecule has 0 aliphatic heterocycles. The Morgan fingerprint density at radius 1 is 1.16 bits per heavy atom. The van der Waals surface area contributed by atoms with Gasteiger partial charge in [0.25, 0.3) is 0 Å². The number of hydrogen-bond acceptors (Lipinski definition) is 6. The van der Waals surface area contributed by atoms with Crippen LogP contribution in [-0.4, -0.2) is 28.9 Å². The van der Waals surface area contributed by atoms with Crippen LogP contribution in [0, 0.1) is 6.92 Å². The van der Waals surface area contributed by atoms with Gasteiger partial charge in [0.2, 0.25) is 11.0 Å². The minimum Gasteiger partial charge on any atom is -0.330 e. The largest absolute Gasteiger partial charge is 0.330 e. The number of benzene rings is 2. The summed E-state index contributed by atoms with van der Waals surface area (Å²) in [5.74, 6) is 0.351. The van der Waals surface area contributed by atoms with Crippen LogP contribution in [0.4, 0.5) is 16.5 Å². The molecule has 1 heterocycles. The maximum atomic E-state index is 12.3. The van der Waals surface area contributed by atoms with Crippen LogP contribution in [0.5, 0.6) is 0 Å². The van der Waals surface area contributed by atoms with Crippen LogP contribution in [0.25, 0.3) is 0 Å². The molecule has 0 aliphatic rings. The van der Waals surface area contributed by atoms with Crippen LogP contribution in [0.3, 0.4) is 0 Å². The van der Waals surface area contributed by atoms with E-state index in [1.807, 2.05) is 61.5 Å².